The summed E-state index contributed by atoms with van der Waals surface area (Å²) in [5.74, 6) is 3.38. The van der Waals surface area contributed by atoms with Crippen LogP contribution in [0.4, 0.5) is 0 Å². The number of para-hydroxylation sites is 2. The van der Waals surface area contributed by atoms with Crippen LogP contribution in [0.1, 0.15) is 11.1 Å². The van der Waals surface area contributed by atoms with Gasteiger partial charge in [-0.05, 0) is 17.7 Å². The third-order valence-corrected chi connectivity index (χ3v) is 3.98. The summed E-state index contributed by atoms with van der Waals surface area (Å²) in [5, 5.41) is 0. The van der Waals surface area contributed by atoms with E-state index >= 15 is 0 Å². The fraction of sp³-hybridized carbons (Fsp3) is 0.118. The first kappa shape index (κ1) is 13.8. The molecule has 0 atom stereocenters. The van der Waals surface area contributed by atoms with E-state index in [1.54, 1.807) is 18.0 Å². The molecule has 1 aliphatic rings. The molecule has 0 bridgehead atoms. The number of fused-ring (bicyclic) bond motifs is 1. The number of carbonyl (C=O) groups excluding carboxylic acids is 1. The number of hydrogen-bond acceptors (Lipinski definition) is 4. The normalized spacial score (nSPS) is 12.7. The lowest BCUT2D eigenvalue weighted by Crippen LogP contribution is -2.06. The molecule has 2 aromatic carbocycles. The van der Waals surface area contributed by atoms with E-state index in [-0.39, 0.29) is 0 Å². The van der Waals surface area contributed by atoms with Crippen LogP contribution >= 0.6 is 11.8 Å². The molecular formula is C17H14O3S. The van der Waals surface area contributed by atoms with Gasteiger partial charge < -0.3 is 14.3 Å². The topological polar surface area (TPSA) is 35.5 Å². The zero-order valence-corrected chi connectivity index (χ0v) is 12.1. The molecule has 0 aromatic heterocycles. The molecular weight excluding hydrogens is 284 g/mol. The maximum absolute atomic E-state index is 10.4. The third kappa shape index (κ3) is 3.11. The molecule has 1 aliphatic heterocycles. The number of carbonyl (C=O) groups is 1. The molecule has 0 spiro atoms. The Balaban J connectivity index is 1.84. The van der Waals surface area contributed by atoms with Crippen LogP contribution in [0.3, 0.4) is 0 Å². The summed E-state index contributed by atoms with van der Waals surface area (Å²) in [6, 6.07) is 15.6. The molecule has 106 valence electrons. The first-order valence-corrected chi connectivity index (χ1v) is 7.77. The number of hydrogen-bond donors (Lipinski definition) is 0. The number of thioether (sulfide) groups is 1. The Morgan fingerprint density at radius 3 is 2.62 bits per heavy atom. The molecule has 0 fully saturated rings. The second-order valence-corrected chi connectivity index (χ2v) is 5.52. The first-order chi connectivity index (χ1) is 10.4. The van der Waals surface area contributed by atoms with Crippen molar-refractivity contribution in [3.05, 3.63) is 65.9 Å². The highest BCUT2D eigenvalue weighted by Gasteiger charge is 2.17. The molecule has 0 amide bonds. The summed E-state index contributed by atoms with van der Waals surface area (Å²) in [7, 11) is 0. The number of aldehydes is 1. The van der Waals surface area contributed by atoms with Gasteiger partial charge in [0.15, 0.2) is 17.3 Å². The molecule has 0 saturated carbocycles. The number of benzene rings is 2. The van der Waals surface area contributed by atoms with Gasteiger partial charge in [0.25, 0.3) is 0 Å². The fourth-order valence-corrected chi connectivity index (χ4v) is 2.80. The molecule has 0 N–H and O–H groups in total. The summed E-state index contributed by atoms with van der Waals surface area (Å²) in [5.41, 5.74) is 2.11. The lowest BCUT2D eigenvalue weighted by atomic mass is 10.1. The van der Waals surface area contributed by atoms with Crippen molar-refractivity contribution in [3.63, 3.8) is 0 Å². The minimum Gasteiger partial charge on any atom is -0.457 e. The van der Waals surface area contributed by atoms with Gasteiger partial charge in [-0.2, -0.15) is 0 Å². The van der Waals surface area contributed by atoms with E-state index in [1.807, 2.05) is 48.5 Å². The molecule has 0 saturated heterocycles. The van der Waals surface area contributed by atoms with Crippen molar-refractivity contribution in [1.29, 1.82) is 0 Å². The number of rotatable bonds is 5. The summed E-state index contributed by atoms with van der Waals surface area (Å²) >= 11 is 1.58. The van der Waals surface area contributed by atoms with Crippen molar-refractivity contribution in [3.8, 4) is 11.5 Å². The van der Waals surface area contributed by atoms with Crippen molar-refractivity contribution in [1.82, 2.24) is 0 Å². The standard InChI is InChI=1S/C17H14O3S/c18-9-10-21-12-13-5-1-2-6-14(13)17-11-19-15-7-3-4-8-16(15)20-17/h1-9,11H,10,12H2. The zero-order valence-electron chi connectivity index (χ0n) is 11.3. The van der Waals surface area contributed by atoms with E-state index < -0.39 is 0 Å². The van der Waals surface area contributed by atoms with E-state index in [0.717, 1.165) is 23.2 Å². The molecule has 3 rings (SSSR count). The maximum atomic E-state index is 10.4. The molecule has 2 aromatic rings. The highest BCUT2D eigenvalue weighted by atomic mass is 32.2. The fourth-order valence-electron chi connectivity index (χ4n) is 2.11. The van der Waals surface area contributed by atoms with Gasteiger partial charge in [0.2, 0.25) is 0 Å². The molecule has 21 heavy (non-hydrogen) atoms. The zero-order chi connectivity index (χ0) is 14.5. The maximum Gasteiger partial charge on any atom is 0.170 e. The quantitative estimate of drug-likeness (QED) is 0.620. The predicted molar refractivity (Wildman–Crippen MR) is 84.3 cm³/mol. The predicted octanol–water partition coefficient (Wildman–Crippen LogP) is 3.89. The minimum atomic E-state index is 0.494. The molecule has 0 aliphatic carbocycles. The van der Waals surface area contributed by atoms with Crippen LogP contribution < -0.4 is 9.47 Å². The van der Waals surface area contributed by atoms with E-state index in [9.17, 15) is 4.79 Å². The van der Waals surface area contributed by atoms with Gasteiger partial charge in [0.05, 0.1) is 0 Å². The van der Waals surface area contributed by atoms with Gasteiger partial charge >= 0.3 is 0 Å². The largest absolute Gasteiger partial charge is 0.457 e. The van der Waals surface area contributed by atoms with Gasteiger partial charge in [0.1, 0.15) is 12.5 Å². The van der Waals surface area contributed by atoms with Crippen LogP contribution in [-0.4, -0.2) is 12.0 Å². The van der Waals surface area contributed by atoms with E-state index in [1.165, 1.54) is 0 Å². The molecule has 0 unspecified atom stereocenters. The third-order valence-electron chi connectivity index (χ3n) is 3.09. The molecule has 1 heterocycles. The smallest absolute Gasteiger partial charge is 0.170 e. The summed E-state index contributed by atoms with van der Waals surface area (Å²) < 4.78 is 11.5. The minimum absolute atomic E-state index is 0.494. The Hall–Kier alpha value is -2.20. The second-order valence-electron chi connectivity index (χ2n) is 4.49. The van der Waals surface area contributed by atoms with E-state index in [4.69, 9.17) is 9.47 Å². The van der Waals surface area contributed by atoms with Crippen LogP contribution in [0.15, 0.2) is 54.8 Å². The number of ether oxygens (including phenoxy) is 2. The van der Waals surface area contributed by atoms with Gasteiger partial charge in [-0.1, -0.05) is 36.4 Å². The van der Waals surface area contributed by atoms with Crippen LogP contribution in [0.25, 0.3) is 5.76 Å². The van der Waals surface area contributed by atoms with Crippen molar-refractivity contribution in [2.24, 2.45) is 0 Å². The first-order valence-electron chi connectivity index (χ1n) is 6.62. The Morgan fingerprint density at radius 1 is 1.00 bits per heavy atom. The van der Waals surface area contributed by atoms with Crippen LogP contribution in [-0.2, 0) is 10.5 Å². The molecule has 3 nitrogen and oxygen atoms in total. The van der Waals surface area contributed by atoms with Crippen LogP contribution in [0, 0.1) is 0 Å². The van der Waals surface area contributed by atoms with Gasteiger partial charge in [-0.3, -0.25) is 0 Å². The summed E-state index contributed by atoms with van der Waals surface area (Å²) in [4.78, 5) is 10.4. The van der Waals surface area contributed by atoms with Crippen molar-refractivity contribution in [2.75, 3.05) is 5.75 Å². The molecule has 0 radical (unpaired) electrons. The Morgan fingerprint density at radius 2 is 1.76 bits per heavy atom. The van der Waals surface area contributed by atoms with Gasteiger partial charge in [-0.15, -0.1) is 11.8 Å². The Kier molecular flexibility index (Phi) is 4.26. The Labute approximate surface area is 127 Å². The average molecular weight is 298 g/mol. The van der Waals surface area contributed by atoms with Crippen molar-refractivity contribution in [2.45, 2.75) is 5.75 Å². The van der Waals surface area contributed by atoms with E-state index in [2.05, 4.69) is 0 Å². The second kappa shape index (κ2) is 6.50. The average Bonchev–Trinajstić information content (AvgIpc) is 2.55. The van der Waals surface area contributed by atoms with Crippen LogP contribution in [0.2, 0.25) is 0 Å². The van der Waals surface area contributed by atoms with Crippen molar-refractivity contribution < 1.29 is 14.3 Å². The Bertz CT molecular complexity index is 679. The monoisotopic (exact) mass is 298 g/mol. The van der Waals surface area contributed by atoms with Gasteiger partial charge in [-0.25, -0.2) is 0 Å². The van der Waals surface area contributed by atoms with Gasteiger partial charge in [0, 0.05) is 17.1 Å². The summed E-state index contributed by atoms with van der Waals surface area (Å²) in [6.07, 6.45) is 2.55. The highest BCUT2D eigenvalue weighted by Crippen LogP contribution is 2.36. The lowest BCUT2D eigenvalue weighted by molar-refractivity contribution is -0.105. The SMILES string of the molecule is O=CCSCc1ccccc1C1=COc2ccccc2O1. The van der Waals surface area contributed by atoms with Crippen molar-refractivity contribution >= 4 is 23.8 Å². The summed E-state index contributed by atoms with van der Waals surface area (Å²) in [6.45, 7) is 0. The highest BCUT2D eigenvalue weighted by molar-refractivity contribution is 7.99. The van der Waals surface area contributed by atoms with Crippen LogP contribution in [0.5, 0.6) is 11.5 Å². The molecule has 4 heteroatoms. The van der Waals surface area contributed by atoms with E-state index in [0.29, 0.717) is 23.0 Å². The lowest BCUT2D eigenvalue weighted by Gasteiger charge is -2.19.